The summed E-state index contributed by atoms with van der Waals surface area (Å²) in [4.78, 5) is 11.7. The molecule has 0 aromatic heterocycles. The van der Waals surface area contributed by atoms with Gasteiger partial charge in [-0.1, -0.05) is 18.5 Å². The Morgan fingerprint density at radius 1 is 1.35 bits per heavy atom. The first-order valence-electron chi connectivity index (χ1n) is 6.70. The summed E-state index contributed by atoms with van der Waals surface area (Å²) in [6.07, 6.45) is 0.920. The van der Waals surface area contributed by atoms with E-state index in [4.69, 9.17) is 16.3 Å². The molecule has 3 nitrogen and oxygen atoms in total. The quantitative estimate of drug-likeness (QED) is 0.742. The number of nitrogens with one attached hydrogen (secondary N) is 1. The van der Waals surface area contributed by atoms with Gasteiger partial charge < -0.3 is 10.1 Å². The Morgan fingerprint density at radius 3 is 2.60 bits per heavy atom. The van der Waals surface area contributed by atoms with Gasteiger partial charge in [-0.15, -0.1) is 11.8 Å². The van der Waals surface area contributed by atoms with Gasteiger partial charge in [-0.3, -0.25) is 4.79 Å². The Hall–Kier alpha value is -0.870. The highest BCUT2D eigenvalue weighted by Crippen LogP contribution is 2.15. The zero-order valence-corrected chi connectivity index (χ0v) is 13.8. The van der Waals surface area contributed by atoms with Gasteiger partial charge in [-0.2, -0.15) is 0 Å². The second-order valence-electron chi connectivity index (χ2n) is 5.14. The van der Waals surface area contributed by atoms with Crippen LogP contribution in [0.5, 0.6) is 5.75 Å². The summed E-state index contributed by atoms with van der Waals surface area (Å²) < 4.78 is 5.55. The first-order chi connectivity index (χ1) is 9.43. The zero-order chi connectivity index (χ0) is 15.0. The average Bonchev–Trinajstić information content (AvgIpc) is 2.40. The van der Waals surface area contributed by atoms with E-state index in [1.54, 1.807) is 23.9 Å². The molecule has 0 aliphatic heterocycles. The van der Waals surface area contributed by atoms with Crippen LogP contribution < -0.4 is 10.1 Å². The summed E-state index contributed by atoms with van der Waals surface area (Å²) in [5.41, 5.74) is -0.128. The van der Waals surface area contributed by atoms with Crippen LogP contribution in [0.3, 0.4) is 0 Å². The first-order valence-corrected chi connectivity index (χ1v) is 8.23. The third-order valence-electron chi connectivity index (χ3n) is 2.90. The van der Waals surface area contributed by atoms with Crippen LogP contribution in [0.1, 0.15) is 27.2 Å². The molecule has 0 saturated heterocycles. The Morgan fingerprint density at radius 2 is 2.00 bits per heavy atom. The number of hydrogen-bond donors (Lipinski definition) is 1. The molecule has 0 aliphatic carbocycles. The topological polar surface area (TPSA) is 38.3 Å². The number of carbonyl (C=O) groups excluding carboxylic acids is 1. The number of amides is 1. The minimum absolute atomic E-state index is 0.0772. The van der Waals surface area contributed by atoms with Gasteiger partial charge in [0.1, 0.15) is 5.75 Å². The number of halogens is 1. The van der Waals surface area contributed by atoms with E-state index in [1.165, 1.54) is 0 Å². The highest BCUT2D eigenvalue weighted by Gasteiger charge is 2.17. The molecule has 0 aliphatic rings. The smallest absolute Gasteiger partial charge is 0.230 e. The summed E-state index contributed by atoms with van der Waals surface area (Å²) in [5.74, 6) is 2.12. The third kappa shape index (κ3) is 7.06. The largest absolute Gasteiger partial charge is 0.493 e. The lowest BCUT2D eigenvalue weighted by atomic mass is 10.0. The molecule has 1 rings (SSSR count). The molecule has 0 atom stereocenters. The van der Waals surface area contributed by atoms with E-state index in [9.17, 15) is 4.79 Å². The lowest BCUT2D eigenvalue weighted by molar-refractivity contribution is -0.120. The molecule has 0 heterocycles. The molecular formula is C15H22ClNO2S. The van der Waals surface area contributed by atoms with E-state index in [-0.39, 0.29) is 11.4 Å². The summed E-state index contributed by atoms with van der Waals surface area (Å²) in [6.45, 7) is 6.70. The number of thioether (sulfide) groups is 1. The van der Waals surface area contributed by atoms with Crippen molar-refractivity contribution in [2.45, 2.75) is 32.7 Å². The van der Waals surface area contributed by atoms with Gasteiger partial charge in [0, 0.05) is 16.3 Å². The van der Waals surface area contributed by atoms with Crippen LogP contribution in [0.4, 0.5) is 0 Å². The molecule has 0 saturated carbocycles. The van der Waals surface area contributed by atoms with Crippen molar-refractivity contribution in [2.24, 2.45) is 0 Å². The summed E-state index contributed by atoms with van der Waals surface area (Å²) in [7, 11) is 0. The zero-order valence-electron chi connectivity index (χ0n) is 12.2. The lowest BCUT2D eigenvalue weighted by Gasteiger charge is -2.24. The van der Waals surface area contributed by atoms with Crippen molar-refractivity contribution in [1.29, 1.82) is 0 Å². The van der Waals surface area contributed by atoms with E-state index in [2.05, 4.69) is 12.2 Å². The van der Waals surface area contributed by atoms with Crippen LogP contribution in [-0.4, -0.2) is 29.6 Å². The molecule has 1 aromatic carbocycles. The van der Waals surface area contributed by atoms with E-state index in [0.29, 0.717) is 17.4 Å². The molecule has 112 valence electrons. The molecule has 0 spiro atoms. The monoisotopic (exact) mass is 315 g/mol. The molecule has 0 radical (unpaired) electrons. The van der Waals surface area contributed by atoms with Gasteiger partial charge >= 0.3 is 0 Å². The lowest BCUT2D eigenvalue weighted by Crippen LogP contribution is -2.43. The first kappa shape index (κ1) is 17.2. The predicted molar refractivity (Wildman–Crippen MR) is 86.8 cm³/mol. The van der Waals surface area contributed by atoms with Gasteiger partial charge in [-0.25, -0.2) is 0 Å². The number of ether oxygens (including phenoxy) is 1. The Balaban J connectivity index is 2.13. The fourth-order valence-electron chi connectivity index (χ4n) is 1.42. The Kier molecular flexibility index (Phi) is 7.24. The maximum Gasteiger partial charge on any atom is 0.230 e. The van der Waals surface area contributed by atoms with Crippen LogP contribution in [-0.2, 0) is 4.79 Å². The van der Waals surface area contributed by atoms with E-state index < -0.39 is 0 Å². The molecule has 0 fully saturated rings. The highest BCUT2D eigenvalue weighted by molar-refractivity contribution is 7.99. The maximum absolute atomic E-state index is 11.7. The molecule has 5 heteroatoms. The fourth-order valence-corrected chi connectivity index (χ4v) is 2.15. The maximum atomic E-state index is 11.7. The summed E-state index contributed by atoms with van der Waals surface area (Å²) in [5, 5.41) is 3.70. The summed E-state index contributed by atoms with van der Waals surface area (Å²) >= 11 is 7.36. The van der Waals surface area contributed by atoms with E-state index in [1.807, 2.05) is 26.0 Å². The minimum atomic E-state index is -0.128. The van der Waals surface area contributed by atoms with Crippen molar-refractivity contribution >= 4 is 29.3 Å². The van der Waals surface area contributed by atoms with Crippen molar-refractivity contribution in [3.05, 3.63) is 29.3 Å². The second kappa shape index (κ2) is 8.42. The number of carbonyl (C=O) groups is 1. The van der Waals surface area contributed by atoms with Gasteiger partial charge in [0.05, 0.1) is 12.4 Å². The van der Waals surface area contributed by atoms with Crippen LogP contribution in [0.15, 0.2) is 24.3 Å². The van der Waals surface area contributed by atoms with Gasteiger partial charge in [0.25, 0.3) is 0 Å². The predicted octanol–water partition coefficient (Wildman–Crippen LogP) is 3.76. The highest BCUT2D eigenvalue weighted by atomic mass is 35.5. The van der Waals surface area contributed by atoms with Crippen molar-refractivity contribution in [3.8, 4) is 5.75 Å². The van der Waals surface area contributed by atoms with Gasteiger partial charge in [-0.05, 0) is 44.5 Å². The normalized spacial score (nSPS) is 11.2. The molecule has 20 heavy (non-hydrogen) atoms. The second-order valence-corrected chi connectivity index (χ2v) is 6.68. The average molecular weight is 316 g/mol. The standard InChI is InChI=1S/C15H22ClNO2S/c1-4-15(2,3)17-14(18)11-20-10-9-19-13-7-5-12(16)6-8-13/h5-8H,4,9-11H2,1-3H3,(H,17,18). The van der Waals surface area contributed by atoms with Crippen molar-refractivity contribution < 1.29 is 9.53 Å². The number of rotatable bonds is 8. The Bertz CT molecular complexity index is 420. The van der Waals surface area contributed by atoms with Crippen LogP contribution in [0.25, 0.3) is 0 Å². The molecule has 1 N–H and O–H groups in total. The number of benzene rings is 1. The van der Waals surface area contributed by atoms with Crippen molar-refractivity contribution in [2.75, 3.05) is 18.1 Å². The van der Waals surface area contributed by atoms with Crippen molar-refractivity contribution in [3.63, 3.8) is 0 Å². The van der Waals surface area contributed by atoms with Crippen LogP contribution in [0, 0.1) is 0 Å². The van der Waals surface area contributed by atoms with Crippen molar-refractivity contribution in [1.82, 2.24) is 5.32 Å². The van der Waals surface area contributed by atoms with Crippen LogP contribution in [0.2, 0.25) is 5.02 Å². The Labute approximate surface area is 130 Å². The molecule has 0 bridgehead atoms. The van der Waals surface area contributed by atoms with Gasteiger partial charge in [0.15, 0.2) is 0 Å². The molecule has 1 amide bonds. The molecule has 0 unspecified atom stereocenters. The molecule has 1 aromatic rings. The summed E-state index contributed by atoms with van der Waals surface area (Å²) in [6, 6.07) is 7.27. The van der Waals surface area contributed by atoms with Gasteiger partial charge in [0.2, 0.25) is 5.91 Å². The molecular weight excluding hydrogens is 294 g/mol. The SMILES string of the molecule is CCC(C)(C)NC(=O)CSCCOc1ccc(Cl)cc1. The third-order valence-corrected chi connectivity index (χ3v) is 4.08. The van der Waals surface area contributed by atoms with E-state index in [0.717, 1.165) is 17.9 Å². The van der Waals surface area contributed by atoms with Crippen LogP contribution >= 0.6 is 23.4 Å². The number of hydrogen-bond acceptors (Lipinski definition) is 3. The van der Waals surface area contributed by atoms with E-state index >= 15 is 0 Å². The fraction of sp³-hybridized carbons (Fsp3) is 0.533. The minimum Gasteiger partial charge on any atom is -0.493 e.